The maximum absolute atomic E-state index is 12.6. The Morgan fingerprint density at radius 1 is 0.519 bits per heavy atom. The number of benzene rings is 5. The highest BCUT2D eigenvalue weighted by molar-refractivity contribution is 5.90. The van der Waals surface area contributed by atoms with Gasteiger partial charge in [-0.3, -0.25) is 10.1 Å². The fraction of sp³-hybridized carbons (Fsp3) is 0.256. The van der Waals surface area contributed by atoms with Crippen LogP contribution < -0.4 is 14.2 Å². The number of ether oxygens (including phenoxy) is 4. The summed E-state index contributed by atoms with van der Waals surface area (Å²) in [6.07, 6.45) is 6.35. The molecule has 0 amide bonds. The van der Waals surface area contributed by atoms with Crippen molar-refractivity contribution >= 4 is 11.7 Å². The summed E-state index contributed by atoms with van der Waals surface area (Å²) in [6.45, 7) is 2.16. The molecule has 0 saturated carbocycles. The van der Waals surface area contributed by atoms with Crippen LogP contribution >= 0.6 is 0 Å². The van der Waals surface area contributed by atoms with Crippen molar-refractivity contribution in [2.45, 2.75) is 44.9 Å². The van der Waals surface area contributed by atoms with Gasteiger partial charge < -0.3 is 18.9 Å². The van der Waals surface area contributed by atoms with E-state index in [1.807, 2.05) is 84.9 Å². The van der Waals surface area contributed by atoms with Crippen LogP contribution in [0.1, 0.15) is 60.9 Å². The van der Waals surface area contributed by atoms with Crippen LogP contribution in [0, 0.1) is 21.4 Å². The van der Waals surface area contributed by atoms with Crippen molar-refractivity contribution in [1.82, 2.24) is 0 Å². The highest BCUT2D eigenvalue weighted by Gasteiger charge is 2.09. The molecule has 0 radical (unpaired) electrons. The normalized spacial score (nSPS) is 10.6. The summed E-state index contributed by atoms with van der Waals surface area (Å²) in [5.41, 5.74) is 5.39. The summed E-state index contributed by atoms with van der Waals surface area (Å²) in [6, 6.07) is 39.0. The first-order valence-electron chi connectivity index (χ1n) is 17.6. The molecule has 5 aromatic carbocycles. The topological polar surface area (TPSA) is 121 Å². The molecule has 0 aliphatic rings. The fourth-order valence-electron chi connectivity index (χ4n) is 5.44. The molecule has 0 aliphatic carbocycles. The van der Waals surface area contributed by atoms with E-state index in [1.165, 1.54) is 12.1 Å². The summed E-state index contributed by atoms with van der Waals surface area (Å²) < 4.78 is 22.9. The highest BCUT2D eigenvalue weighted by Crippen LogP contribution is 2.25. The van der Waals surface area contributed by atoms with Crippen molar-refractivity contribution < 1.29 is 28.7 Å². The first-order chi connectivity index (χ1) is 25.5. The van der Waals surface area contributed by atoms with Crippen molar-refractivity contribution in [1.29, 1.82) is 5.26 Å². The number of carbonyl (C=O) groups excluding carboxylic acids is 1. The molecule has 0 atom stereocenters. The highest BCUT2D eigenvalue weighted by atomic mass is 16.6. The molecule has 52 heavy (non-hydrogen) atoms. The number of hydrogen-bond donors (Lipinski definition) is 0. The van der Waals surface area contributed by atoms with E-state index in [9.17, 15) is 14.9 Å². The molecule has 0 bridgehead atoms. The second-order valence-electron chi connectivity index (χ2n) is 12.2. The quantitative estimate of drug-likeness (QED) is 0.0341. The molecule has 9 nitrogen and oxygen atoms in total. The zero-order chi connectivity index (χ0) is 36.4. The third-order valence-electron chi connectivity index (χ3n) is 8.42. The Labute approximate surface area is 304 Å². The van der Waals surface area contributed by atoms with Crippen LogP contribution in [0.15, 0.2) is 121 Å². The van der Waals surface area contributed by atoms with Crippen molar-refractivity contribution in [3.63, 3.8) is 0 Å². The van der Waals surface area contributed by atoms with E-state index < -0.39 is 4.92 Å². The van der Waals surface area contributed by atoms with E-state index in [0.717, 1.165) is 78.7 Å². The monoisotopic (exact) mass is 698 g/mol. The van der Waals surface area contributed by atoms with Gasteiger partial charge in [0.15, 0.2) is 0 Å². The number of nitro groups is 1. The molecule has 266 valence electrons. The molecular weight excluding hydrogens is 656 g/mol. The van der Waals surface area contributed by atoms with Crippen molar-refractivity contribution in [2.24, 2.45) is 0 Å². The van der Waals surface area contributed by atoms with Crippen molar-refractivity contribution in [3.05, 3.63) is 143 Å². The molecule has 0 aliphatic heterocycles. The Hall–Kier alpha value is -6.14. The first kappa shape index (κ1) is 37.1. The number of non-ortho nitro benzene ring substituents is 1. The third-order valence-corrected chi connectivity index (χ3v) is 8.42. The number of nitriles is 1. The lowest BCUT2D eigenvalue weighted by Gasteiger charge is -2.09. The van der Waals surface area contributed by atoms with Gasteiger partial charge in [-0.15, -0.1) is 0 Å². The molecule has 0 heterocycles. The number of rotatable bonds is 20. The van der Waals surface area contributed by atoms with E-state index in [2.05, 4.69) is 6.07 Å². The Morgan fingerprint density at radius 2 is 0.885 bits per heavy atom. The maximum atomic E-state index is 12.6. The second-order valence-corrected chi connectivity index (χ2v) is 12.2. The number of nitro benzene ring substituents is 1. The smallest absolute Gasteiger partial charge is 0.338 e. The minimum atomic E-state index is -0.428. The molecule has 5 rings (SSSR count). The van der Waals surface area contributed by atoms with E-state index in [-0.39, 0.29) is 11.7 Å². The lowest BCUT2D eigenvalue weighted by atomic mass is 10.0. The molecule has 0 saturated heterocycles. The molecule has 9 heteroatoms. The van der Waals surface area contributed by atoms with Gasteiger partial charge in [-0.25, -0.2) is 4.79 Å². The second kappa shape index (κ2) is 19.9. The summed E-state index contributed by atoms with van der Waals surface area (Å²) in [4.78, 5) is 22.9. The van der Waals surface area contributed by atoms with Crippen LogP contribution in [0.4, 0.5) is 5.69 Å². The van der Waals surface area contributed by atoms with Gasteiger partial charge in [0.05, 0.1) is 48.5 Å². The molecule has 0 unspecified atom stereocenters. The van der Waals surface area contributed by atoms with E-state index in [4.69, 9.17) is 24.2 Å². The lowest BCUT2D eigenvalue weighted by molar-refractivity contribution is -0.384. The summed E-state index contributed by atoms with van der Waals surface area (Å²) >= 11 is 0. The van der Waals surface area contributed by atoms with Gasteiger partial charge in [-0.2, -0.15) is 5.26 Å². The zero-order valence-corrected chi connectivity index (χ0v) is 29.1. The van der Waals surface area contributed by atoms with Crippen LogP contribution in [0.3, 0.4) is 0 Å². The predicted octanol–water partition coefficient (Wildman–Crippen LogP) is 10.2. The summed E-state index contributed by atoms with van der Waals surface area (Å²) in [5, 5.41) is 19.7. The van der Waals surface area contributed by atoms with E-state index in [1.54, 1.807) is 24.3 Å². The number of hydrogen-bond acceptors (Lipinski definition) is 8. The Morgan fingerprint density at radius 3 is 1.31 bits per heavy atom. The van der Waals surface area contributed by atoms with Crippen LogP contribution in [0.5, 0.6) is 17.2 Å². The average molecular weight is 699 g/mol. The maximum Gasteiger partial charge on any atom is 0.338 e. The van der Waals surface area contributed by atoms with Gasteiger partial charge in [0.1, 0.15) is 17.2 Å². The first-order valence-corrected chi connectivity index (χ1v) is 17.6. The number of esters is 1. The number of nitrogens with zero attached hydrogens (tertiary/aromatic N) is 2. The largest absolute Gasteiger partial charge is 0.494 e. The summed E-state index contributed by atoms with van der Waals surface area (Å²) in [7, 11) is 0. The molecule has 0 aromatic heterocycles. The predicted molar refractivity (Wildman–Crippen MR) is 201 cm³/mol. The van der Waals surface area contributed by atoms with E-state index in [0.29, 0.717) is 43.3 Å². The van der Waals surface area contributed by atoms with Gasteiger partial charge >= 0.3 is 5.97 Å². The molecule has 5 aromatic rings. The van der Waals surface area contributed by atoms with Crippen molar-refractivity contribution in [2.75, 3.05) is 26.4 Å². The summed E-state index contributed by atoms with van der Waals surface area (Å²) in [5.74, 6) is 1.93. The zero-order valence-electron chi connectivity index (χ0n) is 29.1. The molecule has 0 N–H and O–H groups in total. The van der Waals surface area contributed by atoms with Crippen LogP contribution in [-0.4, -0.2) is 37.3 Å². The molecular formula is C43H42N2O7. The minimum absolute atomic E-state index is 0.0485. The SMILES string of the molecule is N#Cc1ccc(-c2ccc(OCCCCCCOC(=O)c3ccc(-c4ccc(OCCCCCOc5ccc([N+](=O)[O-])cc5)cc4)cc3)cc2)cc1. The number of unbranched alkanes of at least 4 members (excludes halogenated alkanes) is 5. The van der Waals surface area contributed by atoms with Gasteiger partial charge in [-0.05, 0) is 128 Å². The van der Waals surface area contributed by atoms with Gasteiger partial charge in [0.2, 0.25) is 0 Å². The molecule has 0 spiro atoms. The Balaban J connectivity index is 0.898. The van der Waals surface area contributed by atoms with Crippen LogP contribution in [0.2, 0.25) is 0 Å². The van der Waals surface area contributed by atoms with Crippen LogP contribution in [0.25, 0.3) is 22.3 Å². The Bertz CT molecular complexity index is 1880. The van der Waals surface area contributed by atoms with Crippen molar-refractivity contribution in [3.8, 4) is 45.6 Å². The fourth-order valence-corrected chi connectivity index (χ4v) is 5.44. The standard InChI is InChI=1S/C43H42N2O7/c44-32-33-8-10-34(11-9-33)36-16-22-40(23-17-36)49-28-4-1-2-5-31-52-43(46)38-14-12-35(13-15-38)37-18-24-41(25-19-37)50-29-6-3-7-30-51-42-26-20-39(21-27-42)45(47)48/h8-27H,1-7,28-31H2. The minimum Gasteiger partial charge on any atom is -0.494 e. The van der Waals surface area contributed by atoms with Gasteiger partial charge in [-0.1, -0.05) is 48.5 Å². The van der Waals surface area contributed by atoms with Crippen LogP contribution in [-0.2, 0) is 4.74 Å². The van der Waals surface area contributed by atoms with Gasteiger partial charge in [0.25, 0.3) is 5.69 Å². The lowest BCUT2D eigenvalue weighted by Crippen LogP contribution is -2.06. The molecule has 0 fully saturated rings. The third kappa shape index (κ3) is 11.7. The van der Waals surface area contributed by atoms with E-state index >= 15 is 0 Å². The average Bonchev–Trinajstić information content (AvgIpc) is 3.19. The Kier molecular flexibility index (Phi) is 14.2. The number of carbonyl (C=O) groups is 1. The van der Waals surface area contributed by atoms with Gasteiger partial charge in [0, 0.05) is 12.1 Å².